The first-order chi connectivity index (χ1) is 6.83. The quantitative estimate of drug-likeness (QED) is 0.636. The van der Waals surface area contributed by atoms with E-state index in [1.54, 1.807) is 7.11 Å². The van der Waals surface area contributed by atoms with E-state index in [0.717, 1.165) is 19.1 Å². The van der Waals surface area contributed by atoms with Crippen molar-refractivity contribution in [3.63, 3.8) is 0 Å². The molecule has 0 aromatic rings. The topological polar surface area (TPSA) is 21.3 Å². The number of hydrogen-bond acceptors (Lipinski definition) is 2. The van der Waals surface area contributed by atoms with E-state index in [9.17, 15) is 0 Å². The van der Waals surface area contributed by atoms with Crippen molar-refractivity contribution < 1.29 is 4.74 Å². The molecule has 1 saturated carbocycles. The van der Waals surface area contributed by atoms with E-state index in [1.165, 1.54) is 38.5 Å². The second kappa shape index (κ2) is 7.24. The van der Waals surface area contributed by atoms with Gasteiger partial charge in [-0.3, -0.25) is 0 Å². The molecule has 1 aliphatic carbocycles. The summed E-state index contributed by atoms with van der Waals surface area (Å²) in [7, 11) is 1.76. The van der Waals surface area contributed by atoms with Crippen LogP contribution in [0.15, 0.2) is 0 Å². The summed E-state index contributed by atoms with van der Waals surface area (Å²) in [6.45, 7) is 4.16. The molecule has 1 rings (SSSR count). The van der Waals surface area contributed by atoms with Gasteiger partial charge < -0.3 is 10.1 Å². The number of ether oxygens (including phenoxy) is 1. The molecule has 0 heterocycles. The van der Waals surface area contributed by atoms with E-state index in [-0.39, 0.29) is 0 Å². The normalized spacial score (nSPS) is 20.1. The van der Waals surface area contributed by atoms with E-state index in [1.807, 2.05) is 0 Å². The van der Waals surface area contributed by atoms with Gasteiger partial charge in [-0.25, -0.2) is 0 Å². The van der Waals surface area contributed by atoms with Crippen LogP contribution in [-0.2, 0) is 4.74 Å². The average molecular weight is 199 g/mol. The van der Waals surface area contributed by atoms with Crippen LogP contribution in [0.25, 0.3) is 0 Å². The van der Waals surface area contributed by atoms with Crippen LogP contribution in [0.3, 0.4) is 0 Å². The SMILES string of the molecule is COCC(C)NCCCC1CCCC1. The largest absolute Gasteiger partial charge is 0.383 e. The van der Waals surface area contributed by atoms with Crippen LogP contribution < -0.4 is 5.32 Å². The fraction of sp³-hybridized carbons (Fsp3) is 1.00. The first-order valence-electron chi connectivity index (χ1n) is 6.05. The van der Waals surface area contributed by atoms with Gasteiger partial charge in [-0.1, -0.05) is 25.7 Å². The maximum atomic E-state index is 5.07. The summed E-state index contributed by atoms with van der Waals surface area (Å²) in [4.78, 5) is 0. The van der Waals surface area contributed by atoms with Crippen molar-refractivity contribution in [1.29, 1.82) is 0 Å². The van der Waals surface area contributed by atoms with E-state index in [4.69, 9.17) is 4.74 Å². The summed E-state index contributed by atoms with van der Waals surface area (Å²) in [5.74, 6) is 1.04. The molecule has 0 radical (unpaired) electrons. The zero-order valence-corrected chi connectivity index (χ0v) is 9.72. The molecule has 0 aromatic heterocycles. The van der Waals surface area contributed by atoms with Crippen molar-refractivity contribution in [2.75, 3.05) is 20.3 Å². The fourth-order valence-corrected chi connectivity index (χ4v) is 2.35. The number of nitrogens with one attached hydrogen (secondary N) is 1. The Bertz CT molecular complexity index is 132. The smallest absolute Gasteiger partial charge is 0.0613 e. The van der Waals surface area contributed by atoms with Crippen molar-refractivity contribution in [2.24, 2.45) is 5.92 Å². The molecule has 0 bridgehead atoms. The zero-order valence-electron chi connectivity index (χ0n) is 9.72. The lowest BCUT2D eigenvalue weighted by Crippen LogP contribution is -2.31. The lowest BCUT2D eigenvalue weighted by molar-refractivity contribution is 0.172. The van der Waals surface area contributed by atoms with Gasteiger partial charge in [0.2, 0.25) is 0 Å². The van der Waals surface area contributed by atoms with E-state index in [2.05, 4.69) is 12.2 Å². The standard InChI is InChI=1S/C12H25NO/c1-11(10-14-2)13-9-5-8-12-6-3-4-7-12/h11-13H,3-10H2,1-2H3. The highest BCUT2D eigenvalue weighted by atomic mass is 16.5. The van der Waals surface area contributed by atoms with Crippen molar-refractivity contribution in [3.05, 3.63) is 0 Å². The molecule has 14 heavy (non-hydrogen) atoms. The maximum absolute atomic E-state index is 5.07. The molecule has 0 aromatic carbocycles. The Hall–Kier alpha value is -0.0800. The Balaban J connectivity index is 1.88. The predicted molar refractivity (Wildman–Crippen MR) is 60.5 cm³/mol. The summed E-state index contributed by atoms with van der Waals surface area (Å²) in [5.41, 5.74) is 0. The minimum absolute atomic E-state index is 0.503. The Kier molecular flexibility index (Phi) is 6.20. The summed E-state index contributed by atoms with van der Waals surface area (Å²) in [5, 5.41) is 3.48. The summed E-state index contributed by atoms with van der Waals surface area (Å²) >= 11 is 0. The van der Waals surface area contributed by atoms with E-state index < -0.39 is 0 Å². The lowest BCUT2D eigenvalue weighted by atomic mass is 10.0. The third-order valence-electron chi connectivity index (χ3n) is 3.17. The monoisotopic (exact) mass is 199 g/mol. The van der Waals surface area contributed by atoms with Gasteiger partial charge in [0, 0.05) is 13.2 Å². The van der Waals surface area contributed by atoms with Crippen LogP contribution in [0.5, 0.6) is 0 Å². The zero-order chi connectivity index (χ0) is 10.2. The first-order valence-corrected chi connectivity index (χ1v) is 6.05. The summed E-state index contributed by atoms with van der Waals surface area (Å²) < 4.78 is 5.07. The van der Waals surface area contributed by atoms with Crippen molar-refractivity contribution in [1.82, 2.24) is 5.32 Å². The molecule has 1 fully saturated rings. The molecule has 0 saturated heterocycles. The van der Waals surface area contributed by atoms with Crippen LogP contribution in [-0.4, -0.2) is 26.3 Å². The second-order valence-electron chi connectivity index (χ2n) is 4.60. The van der Waals surface area contributed by atoms with Crippen molar-refractivity contribution in [3.8, 4) is 0 Å². The van der Waals surface area contributed by atoms with E-state index >= 15 is 0 Å². The van der Waals surface area contributed by atoms with Crippen LogP contribution in [0.4, 0.5) is 0 Å². The molecule has 1 aliphatic rings. The number of hydrogen-bond donors (Lipinski definition) is 1. The molecule has 1 unspecified atom stereocenters. The van der Waals surface area contributed by atoms with Gasteiger partial charge in [-0.15, -0.1) is 0 Å². The van der Waals surface area contributed by atoms with Crippen LogP contribution in [0.2, 0.25) is 0 Å². The molecule has 1 N–H and O–H groups in total. The Labute approximate surface area is 88.4 Å². The molecule has 2 heteroatoms. The minimum Gasteiger partial charge on any atom is -0.383 e. The van der Waals surface area contributed by atoms with Gasteiger partial charge in [-0.2, -0.15) is 0 Å². The highest BCUT2D eigenvalue weighted by Crippen LogP contribution is 2.28. The molecule has 0 aliphatic heterocycles. The van der Waals surface area contributed by atoms with Gasteiger partial charge in [0.25, 0.3) is 0 Å². The van der Waals surface area contributed by atoms with Crippen LogP contribution in [0.1, 0.15) is 45.4 Å². The lowest BCUT2D eigenvalue weighted by Gasteiger charge is -2.13. The highest BCUT2D eigenvalue weighted by molar-refractivity contribution is 4.68. The molecular formula is C12H25NO. The highest BCUT2D eigenvalue weighted by Gasteiger charge is 2.13. The fourth-order valence-electron chi connectivity index (χ4n) is 2.35. The third kappa shape index (κ3) is 4.97. The molecule has 1 atom stereocenters. The second-order valence-corrected chi connectivity index (χ2v) is 4.60. The molecule has 84 valence electrons. The van der Waals surface area contributed by atoms with Crippen LogP contribution >= 0.6 is 0 Å². The Morgan fingerprint density at radius 3 is 2.71 bits per heavy atom. The van der Waals surface area contributed by atoms with Gasteiger partial charge in [-0.05, 0) is 32.2 Å². The van der Waals surface area contributed by atoms with Gasteiger partial charge in [0.15, 0.2) is 0 Å². The first kappa shape index (κ1) is 12.0. The Morgan fingerprint density at radius 1 is 1.36 bits per heavy atom. The predicted octanol–water partition coefficient (Wildman–Crippen LogP) is 2.58. The van der Waals surface area contributed by atoms with Gasteiger partial charge in [0.1, 0.15) is 0 Å². The third-order valence-corrected chi connectivity index (χ3v) is 3.17. The minimum atomic E-state index is 0.503. The van der Waals surface area contributed by atoms with Gasteiger partial charge >= 0.3 is 0 Å². The molecule has 2 nitrogen and oxygen atoms in total. The maximum Gasteiger partial charge on any atom is 0.0613 e. The van der Waals surface area contributed by atoms with Crippen molar-refractivity contribution >= 4 is 0 Å². The summed E-state index contributed by atoms with van der Waals surface area (Å²) in [6.07, 6.45) is 8.66. The van der Waals surface area contributed by atoms with Gasteiger partial charge in [0.05, 0.1) is 6.61 Å². The molecule has 0 amide bonds. The number of methoxy groups -OCH3 is 1. The molecule has 0 spiro atoms. The average Bonchev–Trinajstić information content (AvgIpc) is 2.65. The molecular weight excluding hydrogens is 174 g/mol. The number of rotatable bonds is 7. The Morgan fingerprint density at radius 2 is 2.07 bits per heavy atom. The van der Waals surface area contributed by atoms with Crippen LogP contribution in [0, 0.1) is 5.92 Å². The van der Waals surface area contributed by atoms with Crippen molar-refractivity contribution in [2.45, 2.75) is 51.5 Å². The summed E-state index contributed by atoms with van der Waals surface area (Å²) in [6, 6.07) is 0.503. The van der Waals surface area contributed by atoms with E-state index in [0.29, 0.717) is 6.04 Å².